The summed E-state index contributed by atoms with van der Waals surface area (Å²) in [6.07, 6.45) is 3.64. The van der Waals surface area contributed by atoms with Crippen LogP contribution in [0.4, 0.5) is 0 Å². The molecule has 4 atom stereocenters. The second-order valence-corrected chi connectivity index (χ2v) is 8.00. The Balaban J connectivity index is 2.01. The molecule has 0 aromatic heterocycles. The zero-order valence-electron chi connectivity index (χ0n) is 16.0. The lowest BCUT2D eigenvalue weighted by Crippen LogP contribution is -2.33. The molecule has 0 saturated carbocycles. The van der Waals surface area contributed by atoms with Crippen molar-refractivity contribution in [2.45, 2.75) is 39.2 Å². The summed E-state index contributed by atoms with van der Waals surface area (Å²) >= 11 is 0. The van der Waals surface area contributed by atoms with Gasteiger partial charge in [-0.05, 0) is 18.3 Å². The molecule has 1 aromatic rings. The van der Waals surface area contributed by atoms with E-state index in [9.17, 15) is 0 Å². The van der Waals surface area contributed by atoms with Gasteiger partial charge >= 0.3 is 0 Å². The lowest BCUT2D eigenvalue weighted by molar-refractivity contribution is 0.0591. The van der Waals surface area contributed by atoms with Gasteiger partial charge in [0.05, 0.1) is 34.0 Å². The highest BCUT2D eigenvalue weighted by Crippen LogP contribution is 2.70. The predicted octanol–water partition coefficient (Wildman–Crippen LogP) is 4.49. The van der Waals surface area contributed by atoms with Gasteiger partial charge in [0.15, 0.2) is 11.5 Å². The van der Waals surface area contributed by atoms with Crippen molar-refractivity contribution >= 4 is 0 Å². The molecule has 0 radical (unpaired) electrons. The molecule has 0 spiro atoms. The molecule has 1 unspecified atom stereocenters. The first-order valence-corrected chi connectivity index (χ1v) is 9.12. The van der Waals surface area contributed by atoms with Crippen LogP contribution in [0.3, 0.4) is 0 Å². The van der Waals surface area contributed by atoms with Crippen LogP contribution in [0.2, 0.25) is 0 Å². The van der Waals surface area contributed by atoms with E-state index in [1.165, 1.54) is 11.1 Å². The molecule has 4 nitrogen and oxygen atoms in total. The van der Waals surface area contributed by atoms with Crippen LogP contribution < -0.4 is 14.2 Å². The number of allylic oxidation sites excluding steroid dienone is 2. The summed E-state index contributed by atoms with van der Waals surface area (Å²) in [6, 6.07) is 1.93. The topological polar surface area (TPSA) is 36.9 Å². The first-order chi connectivity index (χ1) is 12.0. The minimum absolute atomic E-state index is 0.0493. The molecule has 0 amide bonds. The third kappa shape index (κ3) is 2.03. The zero-order valence-corrected chi connectivity index (χ0v) is 16.0. The van der Waals surface area contributed by atoms with E-state index in [0.717, 1.165) is 35.8 Å². The second-order valence-electron chi connectivity index (χ2n) is 8.00. The number of fused-ring (bicyclic) bond motifs is 3. The Morgan fingerprint density at radius 2 is 1.80 bits per heavy atom. The van der Waals surface area contributed by atoms with E-state index in [2.05, 4.69) is 26.8 Å². The quantitative estimate of drug-likeness (QED) is 0.754. The van der Waals surface area contributed by atoms with Crippen LogP contribution in [-0.2, 0) is 4.74 Å². The van der Waals surface area contributed by atoms with Gasteiger partial charge in [-0.2, -0.15) is 0 Å². The molecule has 1 aliphatic heterocycles. The van der Waals surface area contributed by atoms with E-state index in [4.69, 9.17) is 18.9 Å². The number of hydrogen-bond acceptors (Lipinski definition) is 4. The molecule has 1 heterocycles. The molecule has 2 aliphatic carbocycles. The van der Waals surface area contributed by atoms with Gasteiger partial charge < -0.3 is 18.9 Å². The highest BCUT2D eigenvalue weighted by Gasteiger charge is 2.62. The van der Waals surface area contributed by atoms with Crippen LogP contribution >= 0.6 is 0 Å². The minimum atomic E-state index is 0.0493. The van der Waals surface area contributed by atoms with Gasteiger partial charge in [0.1, 0.15) is 5.75 Å². The average molecular weight is 344 g/mol. The number of hydrogen-bond donors (Lipinski definition) is 0. The van der Waals surface area contributed by atoms with Crippen LogP contribution in [0.15, 0.2) is 17.7 Å². The van der Waals surface area contributed by atoms with Crippen LogP contribution in [0.1, 0.15) is 50.3 Å². The molecular weight excluding hydrogens is 316 g/mol. The van der Waals surface area contributed by atoms with Crippen LogP contribution in [-0.4, -0.2) is 27.9 Å². The van der Waals surface area contributed by atoms with Crippen LogP contribution in [0.5, 0.6) is 17.2 Å². The second kappa shape index (κ2) is 5.66. The highest BCUT2D eigenvalue weighted by molar-refractivity contribution is 5.65. The summed E-state index contributed by atoms with van der Waals surface area (Å²) < 4.78 is 23.5. The lowest BCUT2D eigenvalue weighted by atomic mass is 9.62. The Morgan fingerprint density at radius 1 is 1.08 bits per heavy atom. The molecule has 0 N–H and O–H groups in total. The summed E-state index contributed by atoms with van der Waals surface area (Å²) in [7, 11) is 5.11. The molecule has 4 heteroatoms. The van der Waals surface area contributed by atoms with Crippen molar-refractivity contribution in [2.75, 3.05) is 27.9 Å². The summed E-state index contributed by atoms with van der Waals surface area (Å²) in [5.41, 5.74) is 3.91. The number of benzene rings is 1. The first-order valence-electron chi connectivity index (χ1n) is 9.12. The molecule has 3 aliphatic rings. The van der Waals surface area contributed by atoms with E-state index in [-0.39, 0.29) is 17.4 Å². The smallest absolute Gasteiger partial charge is 0.165 e. The molecule has 136 valence electrons. The molecule has 25 heavy (non-hydrogen) atoms. The van der Waals surface area contributed by atoms with Crippen molar-refractivity contribution in [1.29, 1.82) is 0 Å². The third-order valence-electron chi connectivity index (χ3n) is 6.69. The van der Waals surface area contributed by atoms with Crippen molar-refractivity contribution in [1.82, 2.24) is 0 Å². The van der Waals surface area contributed by atoms with Crippen molar-refractivity contribution < 1.29 is 18.9 Å². The van der Waals surface area contributed by atoms with Crippen LogP contribution in [0, 0.1) is 17.3 Å². The molecule has 4 rings (SSSR count). The Hall–Kier alpha value is -1.68. The SMILES string of the molecule is COc1cc(OC)c2c(c1OC)C1C=C(C(C)C)C[C@H]3CO[C@@H]2[C@@]13C. The lowest BCUT2D eigenvalue weighted by Gasteiger charge is -2.40. The van der Waals surface area contributed by atoms with Crippen molar-refractivity contribution in [3.05, 3.63) is 28.8 Å². The van der Waals surface area contributed by atoms with Gasteiger partial charge in [-0.3, -0.25) is 0 Å². The number of ether oxygens (including phenoxy) is 4. The number of methoxy groups -OCH3 is 3. The van der Waals surface area contributed by atoms with E-state index >= 15 is 0 Å². The molecule has 0 bridgehead atoms. The Morgan fingerprint density at radius 3 is 2.40 bits per heavy atom. The summed E-state index contributed by atoms with van der Waals surface area (Å²) in [5, 5.41) is 0. The molecule has 1 saturated heterocycles. The molecular formula is C21H28O4. The maximum absolute atomic E-state index is 6.35. The van der Waals surface area contributed by atoms with Gasteiger partial charge in [-0.25, -0.2) is 0 Å². The fraction of sp³-hybridized carbons (Fsp3) is 0.619. The van der Waals surface area contributed by atoms with E-state index < -0.39 is 0 Å². The predicted molar refractivity (Wildman–Crippen MR) is 96.7 cm³/mol. The van der Waals surface area contributed by atoms with Gasteiger partial charge in [0.2, 0.25) is 0 Å². The van der Waals surface area contributed by atoms with E-state index in [1.807, 2.05) is 6.07 Å². The van der Waals surface area contributed by atoms with Crippen molar-refractivity contribution in [3.63, 3.8) is 0 Å². The van der Waals surface area contributed by atoms with Crippen molar-refractivity contribution in [3.8, 4) is 17.2 Å². The number of rotatable bonds is 4. The summed E-state index contributed by atoms with van der Waals surface area (Å²) in [5.74, 6) is 3.73. The minimum Gasteiger partial charge on any atom is -0.496 e. The van der Waals surface area contributed by atoms with Gasteiger partial charge in [0, 0.05) is 28.5 Å². The van der Waals surface area contributed by atoms with Crippen LogP contribution in [0.25, 0.3) is 0 Å². The Kier molecular flexibility index (Phi) is 3.80. The normalized spacial score (nSPS) is 32.3. The van der Waals surface area contributed by atoms with Gasteiger partial charge in [0.25, 0.3) is 0 Å². The summed E-state index contributed by atoms with van der Waals surface area (Å²) in [6.45, 7) is 7.75. The van der Waals surface area contributed by atoms with Gasteiger partial charge in [-0.1, -0.05) is 32.4 Å². The molecule has 1 fully saturated rings. The first kappa shape index (κ1) is 16.8. The Labute approximate surface area is 150 Å². The van der Waals surface area contributed by atoms with Crippen molar-refractivity contribution in [2.24, 2.45) is 17.3 Å². The van der Waals surface area contributed by atoms with Gasteiger partial charge in [-0.15, -0.1) is 0 Å². The fourth-order valence-corrected chi connectivity index (χ4v) is 5.20. The largest absolute Gasteiger partial charge is 0.496 e. The Bertz CT molecular complexity index is 736. The monoisotopic (exact) mass is 344 g/mol. The molecule has 1 aromatic carbocycles. The van der Waals surface area contributed by atoms with E-state index in [1.54, 1.807) is 21.3 Å². The highest BCUT2D eigenvalue weighted by atomic mass is 16.5. The third-order valence-corrected chi connectivity index (χ3v) is 6.69. The maximum atomic E-state index is 6.35. The summed E-state index contributed by atoms with van der Waals surface area (Å²) in [4.78, 5) is 0. The standard InChI is InChI=1S/C21H28O4/c1-11(2)12-7-13-10-25-20-18-15(22-4)9-16(23-5)19(24-6)17(18)14(8-12)21(13,20)3/h8-9,11,13-14,20H,7,10H2,1-6H3/t13-,14?,20-,21+/m0/s1. The van der Waals surface area contributed by atoms with E-state index in [0.29, 0.717) is 11.8 Å². The fourth-order valence-electron chi connectivity index (χ4n) is 5.20. The zero-order chi connectivity index (χ0) is 17.9. The maximum Gasteiger partial charge on any atom is 0.165 e. The average Bonchev–Trinajstić information content (AvgIpc) is 3.08.